The maximum absolute atomic E-state index is 10.4. The van der Waals surface area contributed by atoms with Gasteiger partial charge in [0.05, 0.1) is 5.97 Å². The van der Waals surface area contributed by atoms with Gasteiger partial charge in [-0.2, -0.15) is 0 Å². The second-order valence-electron chi connectivity index (χ2n) is 3.04. The molecule has 1 aliphatic heterocycles. The number of carbonyl (C=O) groups excluding carboxylic acids is 1. The smallest absolute Gasteiger partial charge is 0.547 e. The van der Waals surface area contributed by atoms with Crippen LogP contribution < -0.4 is 34.7 Å². The average molecular weight is 261 g/mol. The van der Waals surface area contributed by atoms with Crippen molar-refractivity contribution >= 4 is 5.97 Å². The second-order valence-corrected chi connectivity index (χ2v) is 3.04. The minimum Gasteiger partial charge on any atom is -0.547 e. The number of carboxylic acids is 1. The van der Waals surface area contributed by atoms with E-state index in [-0.39, 0.29) is 29.6 Å². The maximum atomic E-state index is 10.4. The zero-order chi connectivity index (χ0) is 12.5. The summed E-state index contributed by atoms with van der Waals surface area (Å²) in [6.45, 7) is 0. The molecule has 17 heavy (non-hydrogen) atoms. The fourth-order valence-corrected chi connectivity index (χ4v) is 1.26. The van der Waals surface area contributed by atoms with E-state index in [1.807, 2.05) is 0 Å². The molecule has 0 spiro atoms. The number of aliphatic hydroxyl groups excluding tert-OH is 3. The normalized spacial score (nSPS) is 36.8. The third-order valence-corrected chi connectivity index (χ3v) is 2.00. The van der Waals surface area contributed by atoms with Gasteiger partial charge in [-0.1, -0.05) is 0 Å². The van der Waals surface area contributed by atoms with Gasteiger partial charge in [0.1, 0.15) is 18.3 Å². The molecule has 3 N–H and O–H groups in total. The molecule has 0 aromatic carbocycles. The molecule has 1 fully saturated rings. The summed E-state index contributed by atoms with van der Waals surface area (Å²) < 4.78 is 4.30. The Bertz CT molecular complexity index is 299. The first-order valence-corrected chi connectivity index (χ1v) is 4.06. The van der Waals surface area contributed by atoms with Gasteiger partial charge in [0.2, 0.25) is 0 Å². The van der Waals surface area contributed by atoms with E-state index in [4.69, 9.17) is 5.11 Å². The summed E-state index contributed by atoms with van der Waals surface area (Å²) in [7, 11) is 0. The molecule has 10 nitrogen and oxygen atoms in total. The molecule has 1 saturated heterocycles. The van der Waals surface area contributed by atoms with E-state index in [0.29, 0.717) is 0 Å². The average Bonchev–Trinajstić information content (AvgIpc) is 2.17. The molecule has 1 aliphatic rings. The standard InChI is InChI=1S/C6H9NO9.Na/c8-1-2(9)4(16-7(13)14)6(12)15-3(1)5(10)11;/h1-4,6,8-9,12H,(H,10,11);/q;+1/p-1/t1-,2+,3+,4-,6+;/m1./s1. The summed E-state index contributed by atoms with van der Waals surface area (Å²) >= 11 is 0. The van der Waals surface area contributed by atoms with Crippen LogP contribution in [-0.2, 0) is 14.4 Å². The summed E-state index contributed by atoms with van der Waals surface area (Å²) in [6, 6.07) is 0. The Morgan fingerprint density at radius 3 is 2.24 bits per heavy atom. The summed E-state index contributed by atoms with van der Waals surface area (Å²) in [5, 5.41) is 46.6. The first kappa shape index (κ1) is 16.5. The Morgan fingerprint density at radius 1 is 1.29 bits per heavy atom. The van der Waals surface area contributed by atoms with Crippen LogP contribution in [0.2, 0.25) is 0 Å². The van der Waals surface area contributed by atoms with Gasteiger partial charge < -0.3 is 34.8 Å². The molecule has 11 heteroatoms. The van der Waals surface area contributed by atoms with Crippen molar-refractivity contribution in [3.8, 4) is 0 Å². The van der Waals surface area contributed by atoms with Gasteiger partial charge in [0, 0.05) is 0 Å². The molecule has 1 rings (SSSR count). The molecule has 92 valence electrons. The van der Waals surface area contributed by atoms with Gasteiger partial charge >= 0.3 is 29.6 Å². The molecular formula is C6H8NNaO9. The molecule has 0 unspecified atom stereocenters. The number of carboxylic acid groups (broad SMARTS) is 1. The van der Waals surface area contributed by atoms with Gasteiger partial charge in [-0.25, -0.2) is 0 Å². The molecule has 0 aliphatic carbocycles. The Morgan fingerprint density at radius 2 is 1.82 bits per heavy atom. The molecule has 0 aromatic heterocycles. The van der Waals surface area contributed by atoms with Crippen LogP contribution in [0.3, 0.4) is 0 Å². The third-order valence-electron chi connectivity index (χ3n) is 2.00. The number of rotatable bonds is 3. The molecule has 0 aromatic rings. The summed E-state index contributed by atoms with van der Waals surface area (Å²) in [4.78, 5) is 24.2. The van der Waals surface area contributed by atoms with Crippen molar-refractivity contribution in [2.45, 2.75) is 30.7 Å². The van der Waals surface area contributed by atoms with Crippen LogP contribution in [-0.4, -0.2) is 57.1 Å². The van der Waals surface area contributed by atoms with Gasteiger partial charge in [0.15, 0.2) is 12.4 Å². The third kappa shape index (κ3) is 3.74. The van der Waals surface area contributed by atoms with Crippen LogP contribution in [0, 0.1) is 10.1 Å². The van der Waals surface area contributed by atoms with E-state index >= 15 is 0 Å². The topological polar surface area (TPSA) is 162 Å². The maximum Gasteiger partial charge on any atom is 1.00 e. The SMILES string of the molecule is O=C([O-])[C@H]1O[C@H](O)[C@H](O[N+](=O)[O-])[C@@H](O)[C@H]1O.[Na+]. The zero-order valence-corrected chi connectivity index (χ0v) is 10.6. The van der Waals surface area contributed by atoms with Crippen molar-refractivity contribution in [1.82, 2.24) is 0 Å². The van der Waals surface area contributed by atoms with E-state index in [1.54, 1.807) is 0 Å². The predicted octanol–water partition coefficient (Wildman–Crippen LogP) is -7.24. The number of aliphatic hydroxyl groups is 3. The summed E-state index contributed by atoms with van der Waals surface area (Å²) in [6.07, 6.45) is -9.93. The van der Waals surface area contributed by atoms with E-state index in [9.17, 15) is 30.2 Å². The second kappa shape index (κ2) is 6.44. The largest absolute Gasteiger partial charge is 1.00 e. The molecule has 0 saturated carbocycles. The molecular weight excluding hydrogens is 253 g/mol. The van der Waals surface area contributed by atoms with Gasteiger partial charge in [-0.15, -0.1) is 10.1 Å². The van der Waals surface area contributed by atoms with Crippen molar-refractivity contribution in [3.05, 3.63) is 10.1 Å². The van der Waals surface area contributed by atoms with Gasteiger partial charge in [-0.3, -0.25) is 0 Å². The van der Waals surface area contributed by atoms with Crippen molar-refractivity contribution < 1.29 is 69.4 Å². The fourth-order valence-electron chi connectivity index (χ4n) is 1.26. The molecule has 5 atom stereocenters. The quantitative estimate of drug-likeness (QED) is 0.254. The van der Waals surface area contributed by atoms with Gasteiger partial charge in [0.25, 0.3) is 5.09 Å². The minimum absolute atomic E-state index is 0. The number of nitrogens with zero attached hydrogens (tertiary/aromatic N) is 1. The Balaban J connectivity index is 0.00000256. The molecule has 0 amide bonds. The van der Waals surface area contributed by atoms with Gasteiger partial charge in [-0.05, 0) is 0 Å². The van der Waals surface area contributed by atoms with E-state index in [1.165, 1.54) is 0 Å². The van der Waals surface area contributed by atoms with Crippen molar-refractivity contribution in [2.75, 3.05) is 0 Å². The molecule has 1 heterocycles. The number of hydrogen-bond acceptors (Lipinski definition) is 9. The monoisotopic (exact) mass is 261 g/mol. The fraction of sp³-hybridized carbons (Fsp3) is 0.833. The first-order valence-electron chi connectivity index (χ1n) is 4.06. The minimum atomic E-state index is -2.06. The summed E-state index contributed by atoms with van der Waals surface area (Å²) in [5.74, 6) is -1.87. The summed E-state index contributed by atoms with van der Waals surface area (Å²) in [5.41, 5.74) is 0. The van der Waals surface area contributed by atoms with Crippen molar-refractivity contribution in [3.63, 3.8) is 0 Å². The Labute approximate surface area is 116 Å². The van der Waals surface area contributed by atoms with Crippen molar-refractivity contribution in [1.29, 1.82) is 0 Å². The number of carbonyl (C=O) groups is 1. The van der Waals surface area contributed by atoms with Crippen LogP contribution >= 0.6 is 0 Å². The number of ether oxygens (including phenoxy) is 1. The van der Waals surface area contributed by atoms with E-state index in [2.05, 4.69) is 9.57 Å². The van der Waals surface area contributed by atoms with Crippen LogP contribution in [0.25, 0.3) is 0 Å². The van der Waals surface area contributed by atoms with E-state index < -0.39 is 41.8 Å². The Kier molecular flexibility index (Phi) is 6.26. The van der Waals surface area contributed by atoms with E-state index in [0.717, 1.165) is 0 Å². The number of aliphatic carboxylic acids is 1. The number of hydrogen-bond donors (Lipinski definition) is 3. The predicted molar refractivity (Wildman–Crippen MR) is 39.8 cm³/mol. The van der Waals surface area contributed by atoms with Crippen LogP contribution in [0.1, 0.15) is 0 Å². The zero-order valence-electron chi connectivity index (χ0n) is 8.63. The van der Waals surface area contributed by atoms with Crippen LogP contribution in [0.4, 0.5) is 0 Å². The molecule has 0 radical (unpaired) electrons. The first-order chi connectivity index (χ1) is 7.34. The van der Waals surface area contributed by atoms with Crippen molar-refractivity contribution in [2.24, 2.45) is 0 Å². The molecule has 0 bridgehead atoms. The van der Waals surface area contributed by atoms with Crippen LogP contribution in [0.15, 0.2) is 0 Å². The van der Waals surface area contributed by atoms with Crippen LogP contribution in [0.5, 0.6) is 0 Å². The Hall–Kier alpha value is -0.490.